The minimum Gasteiger partial charge on any atom is -0.325 e. The van der Waals surface area contributed by atoms with Crippen LogP contribution in [0.15, 0.2) is 30.3 Å². The minimum absolute atomic E-state index is 0.115. The Labute approximate surface area is 134 Å². The van der Waals surface area contributed by atoms with Crippen LogP contribution in [0.4, 0.5) is 5.69 Å². The predicted molar refractivity (Wildman–Crippen MR) is 82.2 cm³/mol. The zero-order valence-electron chi connectivity index (χ0n) is 12.6. The third-order valence-electron chi connectivity index (χ3n) is 3.11. The topological polar surface area (TPSA) is 113 Å². The third kappa shape index (κ3) is 3.67. The van der Waals surface area contributed by atoms with Gasteiger partial charge in [-0.2, -0.15) is 8.42 Å². The van der Waals surface area contributed by atoms with Gasteiger partial charge in [0.25, 0.3) is 11.8 Å². The lowest BCUT2D eigenvalue weighted by Gasteiger charge is -2.31. The largest absolute Gasteiger partial charge is 0.328 e. The molecular formula is C14H17N3O5S. The fourth-order valence-electron chi connectivity index (χ4n) is 2.10. The van der Waals surface area contributed by atoms with Gasteiger partial charge in [0, 0.05) is 12.2 Å². The molecule has 1 aliphatic rings. The van der Waals surface area contributed by atoms with E-state index in [-0.39, 0.29) is 12.5 Å². The molecule has 1 atom stereocenters. The average Bonchev–Trinajstić information content (AvgIpc) is 2.43. The predicted octanol–water partition coefficient (Wildman–Crippen LogP) is 0.100. The quantitative estimate of drug-likeness (QED) is 0.756. The van der Waals surface area contributed by atoms with E-state index in [0.29, 0.717) is 9.99 Å². The van der Waals surface area contributed by atoms with Gasteiger partial charge >= 0.3 is 10.2 Å². The first-order valence-electron chi connectivity index (χ1n) is 6.96. The summed E-state index contributed by atoms with van der Waals surface area (Å²) in [5.74, 6) is -4.96. The summed E-state index contributed by atoms with van der Waals surface area (Å²) < 4.78 is 26.1. The molecule has 0 saturated carbocycles. The number of benzene rings is 1. The van der Waals surface area contributed by atoms with Crippen molar-refractivity contribution < 1.29 is 22.8 Å². The zero-order chi connectivity index (χ0) is 17.2. The van der Waals surface area contributed by atoms with Gasteiger partial charge < -0.3 is 5.32 Å². The van der Waals surface area contributed by atoms with Crippen LogP contribution in [0.5, 0.6) is 0 Å². The van der Waals surface area contributed by atoms with Crippen LogP contribution in [0, 0.1) is 11.8 Å². The standard InChI is InChI=1S/C14H17N3O5S/c1-9(2)8-17-14(20)11(13(19)16-23(17,21)22)12(18)15-10-6-4-3-5-7-10/h3-7,9,11H,8H2,1-2H3,(H,15,18)(H,16,19). The highest BCUT2D eigenvalue weighted by Crippen LogP contribution is 2.18. The van der Waals surface area contributed by atoms with Crippen molar-refractivity contribution in [2.75, 3.05) is 11.9 Å². The van der Waals surface area contributed by atoms with Crippen LogP contribution in [0.2, 0.25) is 0 Å². The molecular weight excluding hydrogens is 322 g/mol. The maximum Gasteiger partial charge on any atom is 0.328 e. The first kappa shape index (κ1) is 16.9. The Morgan fingerprint density at radius 2 is 1.87 bits per heavy atom. The number of hydrogen-bond acceptors (Lipinski definition) is 5. The highest BCUT2D eigenvalue weighted by molar-refractivity contribution is 7.88. The number of para-hydroxylation sites is 1. The van der Waals surface area contributed by atoms with Crippen LogP contribution >= 0.6 is 0 Å². The second kappa shape index (κ2) is 6.37. The van der Waals surface area contributed by atoms with E-state index < -0.39 is 33.8 Å². The number of hydrogen-bond donors (Lipinski definition) is 2. The molecule has 9 heteroatoms. The molecule has 8 nitrogen and oxygen atoms in total. The van der Waals surface area contributed by atoms with Crippen LogP contribution < -0.4 is 10.0 Å². The van der Waals surface area contributed by atoms with Gasteiger partial charge in [-0.3, -0.25) is 14.4 Å². The van der Waals surface area contributed by atoms with Crippen molar-refractivity contribution >= 4 is 33.6 Å². The second-order valence-corrected chi connectivity index (χ2v) is 7.12. The maximum absolute atomic E-state index is 12.3. The van der Waals surface area contributed by atoms with E-state index in [2.05, 4.69) is 5.32 Å². The summed E-state index contributed by atoms with van der Waals surface area (Å²) >= 11 is 0. The maximum atomic E-state index is 12.3. The molecule has 1 unspecified atom stereocenters. The fourth-order valence-corrected chi connectivity index (χ4v) is 3.42. The summed E-state index contributed by atoms with van der Waals surface area (Å²) in [4.78, 5) is 36.4. The van der Waals surface area contributed by atoms with Gasteiger partial charge in [-0.1, -0.05) is 32.0 Å². The van der Waals surface area contributed by atoms with Crippen molar-refractivity contribution in [2.45, 2.75) is 13.8 Å². The van der Waals surface area contributed by atoms with E-state index in [9.17, 15) is 22.8 Å². The highest BCUT2D eigenvalue weighted by Gasteiger charge is 2.47. The Bertz CT molecular complexity index is 730. The molecule has 1 aromatic rings. The SMILES string of the molecule is CC(C)CN1C(=O)C(C(=O)Nc2ccccc2)C(=O)NS1(=O)=O. The molecule has 0 spiro atoms. The molecule has 0 aliphatic carbocycles. The lowest BCUT2D eigenvalue weighted by molar-refractivity contribution is -0.144. The lowest BCUT2D eigenvalue weighted by atomic mass is 10.1. The van der Waals surface area contributed by atoms with Gasteiger partial charge in [-0.15, -0.1) is 0 Å². The highest BCUT2D eigenvalue weighted by atomic mass is 32.2. The molecule has 124 valence electrons. The van der Waals surface area contributed by atoms with Crippen molar-refractivity contribution in [3.05, 3.63) is 30.3 Å². The molecule has 2 rings (SSSR count). The molecule has 1 aliphatic heterocycles. The zero-order valence-corrected chi connectivity index (χ0v) is 13.5. The smallest absolute Gasteiger partial charge is 0.325 e. The Balaban J connectivity index is 2.25. The lowest BCUT2D eigenvalue weighted by Crippen LogP contribution is -2.61. The Kier molecular flexibility index (Phi) is 4.69. The van der Waals surface area contributed by atoms with Gasteiger partial charge in [0.2, 0.25) is 5.91 Å². The summed E-state index contributed by atoms with van der Waals surface area (Å²) in [7, 11) is -4.25. The Morgan fingerprint density at radius 3 is 2.43 bits per heavy atom. The summed E-state index contributed by atoms with van der Waals surface area (Å²) in [6.07, 6.45) is 0. The number of nitrogens with one attached hydrogen (secondary N) is 2. The average molecular weight is 339 g/mol. The Morgan fingerprint density at radius 1 is 1.26 bits per heavy atom. The van der Waals surface area contributed by atoms with E-state index in [1.807, 2.05) is 0 Å². The van der Waals surface area contributed by atoms with Crippen molar-refractivity contribution in [2.24, 2.45) is 11.8 Å². The van der Waals surface area contributed by atoms with E-state index in [4.69, 9.17) is 0 Å². The fraction of sp³-hybridized carbons (Fsp3) is 0.357. The van der Waals surface area contributed by atoms with Crippen LogP contribution in [0.3, 0.4) is 0 Å². The third-order valence-corrected chi connectivity index (χ3v) is 4.48. The molecule has 0 radical (unpaired) electrons. The van der Waals surface area contributed by atoms with Crippen molar-refractivity contribution in [3.63, 3.8) is 0 Å². The summed E-state index contributed by atoms with van der Waals surface area (Å²) in [6.45, 7) is 3.33. The van der Waals surface area contributed by atoms with Gasteiger partial charge in [0.15, 0.2) is 5.92 Å². The van der Waals surface area contributed by atoms with Gasteiger partial charge in [-0.25, -0.2) is 9.03 Å². The summed E-state index contributed by atoms with van der Waals surface area (Å²) in [6, 6.07) is 8.27. The number of anilines is 1. The molecule has 23 heavy (non-hydrogen) atoms. The van der Waals surface area contributed by atoms with Crippen LogP contribution in [0.1, 0.15) is 13.8 Å². The number of amides is 3. The molecule has 1 fully saturated rings. The minimum atomic E-state index is -4.25. The first-order valence-corrected chi connectivity index (χ1v) is 8.40. The van der Waals surface area contributed by atoms with Crippen LogP contribution in [0.25, 0.3) is 0 Å². The molecule has 1 aromatic carbocycles. The van der Waals surface area contributed by atoms with Crippen molar-refractivity contribution in [3.8, 4) is 0 Å². The Hall–Kier alpha value is -2.42. The number of carbonyl (C=O) groups excluding carboxylic acids is 3. The van der Waals surface area contributed by atoms with E-state index >= 15 is 0 Å². The molecule has 1 heterocycles. The van der Waals surface area contributed by atoms with Crippen LogP contribution in [-0.4, -0.2) is 37.0 Å². The second-order valence-electron chi connectivity index (χ2n) is 5.52. The van der Waals surface area contributed by atoms with Gasteiger partial charge in [0.1, 0.15) is 0 Å². The monoisotopic (exact) mass is 339 g/mol. The van der Waals surface area contributed by atoms with E-state index in [1.54, 1.807) is 48.9 Å². The molecule has 3 amide bonds. The van der Waals surface area contributed by atoms with Crippen LogP contribution in [-0.2, 0) is 24.6 Å². The summed E-state index contributed by atoms with van der Waals surface area (Å²) in [5.41, 5.74) is 0.405. The van der Waals surface area contributed by atoms with E-state index in [1.165, 1.54) is 0 Å². The molecule has 0 aromatic heterocycles. The number of carbonyl (C=O) groups is 3. The number of nitrogens with zero attached hydrogens (tertiary/aromatic N) is 1. The number of rotatable bonds is 4. The molecule has 2 N–H and O–H groups in total. The van der Waals surface area contributed by atoms with Gasteiger partial charge in [-0.05, 0) is 18.1 Å². The van der Waals surface area contributed by atoms with Crippen molar-refractivity contribution in [1.29, 1.82) is 0 Å². The van der Waals surface area contributed by atoms with Gasteiger partial charge in [0.05, 0.1) is 0 Å². The first-order chi connectivity index (χ1) is 10.7. The summed E-state index contributed by atoms with van der Waals surface area (Å²) in [5, 5.41) is 2.43. The van der Waals surface area contributed by atoms with Crippen molar-refractivity contribution in [1.82, 2.24) is 9.03 Å². The molecule has 1 saturated heterocycles. The molecule has 0 bridgehead atoms. The van der Waals surface area contributed by atoms with E-state index in [0.717, 1.165) is 0 Å². The normalized spacial score (nSPS) is 20.3.